The molecule has 2 rings (SSSR count). The lowest BCUT2D eigenvalue weighted by atomic mass is 10.0. The van der Waals surface area contributed by atoms with E-state index >= 15 is 0 Å². The highest BCUT2D eigenvalue weighted by Crippen LogP contribution is 2.19. The molecule has 8 nitrogen and oxygen atoms in total. The van der Waals surface area contributed by atoms with Gasteiger partial charge in [0.2, 0.25) is 0 Å². The van der Waals surface area contributed by atoms with Crippen LogP contribution in [0.5, 0.6) is 11.5 Å². The van der Waals surface area contributed by atoms with E-state index in [2.05, 4.69) is 0 Å². The van der Waals surface area contributed by atoms with Crippen molar-refractivity contribution >= 4 is 23.9 Å². The van der Waals surface area contributed by atoms with E-state index in [1.807, 2.05) is 0 Å². The van der Waals surface area contributed by atoms with E-state index in [1.54, 1.807) is 41.5 Å². The summed E-state index contributed by atoms with van der Waals surface area (Å²) < 4.78 is 20.2. The molecule has 0 aliphatic rings. The first-order valence-electron chi connectivity index (χ1n) is 10.3. The molecule has 0 heterocycles. The molecule has 0 fully saturated rings. The van der Waals surface area contributed by atoms with Gasteiger partial charge in [-0.3, -0.25) is 9.59 Å². The molecule has 8 heteroatoms. The summed E-state index contributed by atoms with van der Waals surface area (Å²) in [6.45, 7) is 10.3. The molecule has 0 saturated carbocycles. The summed E-state index contributed by atoms with van der Waals surface area (Å²) in [5.41, 5.74) is -0.782. The molecule has 0 radical (unpaired) electrons. The van der Waals surface area contributed by atoms with Gasteiger partial charge in [-0.15, -0.1) is 0 Å². The van der Waals surface area contributed by atoms with Crippen molar-refractivity contribution < 1.29 is 38.1 Å². The second-order valence-electron chi connectivity index (χ2n) is 9.20. The van der Waals surface area contributed by atoms with Gasteiger partial charge in [0.1, 0.15) is 22.7 Å². The van der Waals surface area contributed by atoms with Crippen LogP contribution in [0.1, 0.15) is 68.7 Å². The topological polar surface area (TPSA) is 105 Å². The van der Waals surface area contributed by atoms with Crippen molar-refractivity contribution in [2.75, 3.05) is 0 Å². The van der Waals surface area contributed by atoms with Crippen LogP contribution in [0.2, 0.25) is 0 Å². The van der Waals surface area contributed by atoms with E-state index in [4.69, 9.17) is 18.9 Å². The van der Waals surface area contributed by atoms with Crippen molar-refractivity contribution in [1.29, 1.82) is 0 Å². The zero-order valence-electron chi connectivity index (χ0n) is 19.6. The van der Waals surface area contributed by atoms with Gasteiger partial charge in [-0.2, -0.15) is 0 Å². The minimum atomic E-state index is -0.851. The van der Waals surface area contributed by atoms with Crippen LogP contribution in [-0.4, -0.2) is 35.1 Å². The SMILES string of the molecule is CC(C)(C)OC(=O)Oc1ccc(C(=O)CC(=O)c2ccc(OC(=O)OC(C)(C)C)cc2)cc1. The molecule has 0 aliphatic heterocycles. The van der Waals surface area contributed by atoms with Gasteiger partial charge in [-0.25, -0.2) is 9.59 Å². The summed E-state index contributed by atoms with van der Waals surface area (Å²) in [6, 6.07) is 11.7. The van der Waals surface area contributed by atoms with E-state index in [-0.39, 0.29) is 17.9 Å². The summed E-state index contributed by atoms with van der Waals surface area (Å²) in [5.74, 6) is -0.351. The van der Waals surface area contributed by atoms with Crippen molar-refractivity contribution in [3.05, 3.63) is 59.7 Å². The fraction of sp³-hybridized carbons (Fsp3) is 0.360. The standard InChI is InChI=1S/C25H28O8/c1-24(2,3)32-22(28)30-18-11-7-16(8-12-18)20(26)15-21(27)17-9-13-19(14-10-17)31-23(29)33-25(4,5)6/h7-14H,15H2,1-6H3. The number of hydrogen-bond acceptors (Lipinski definition) is 8. The van der Waals surface area contributed by atoms with E-state index in [1.165, 1.54) is 48.5 Å². The smallest absolute Gasteiger partial charge is 0.428 e. The molecule has 2 aromatic carbocycles. The van der Waals surface area contributed by atoms with Crippen LogP contribution in [0.15, 0.2) is 48.5 Å². The Labute approximate surface area is 192 Å². The molecule has 0 spiro atoms. The fourth-order valence-electron chi connectivity index (χ4n) is 2.50. The highest BCUT2D eigenvalue weighted by molar-refractivity contribution is 6.13. The molecule has 0 N–H and O–H groups in total. The molecule has 33 heavy (non-hydrogen) atoms. The summed E-state index contributed by atoms with van der Waals surface area (Å²) >= 11 is 0. The van der Waals surface area contributed by atoms with Crippen molar-refractivity contribution in [3.8, 4) is 11.5 Å². The first-order chi connectivity index (χ1) is 15.2. The fourth-order valence-corrected chi connectivity index (χ4v) is 2.50. The van der Waals surface area contributed by atoms with Crippen molar-refractivity contribution in [2.45, 2.75) is 59.2 Å². The molecule has 0 amide bonds. The van der Waals surface area contributed by atoms with E-state index < -0.39 is 35.1 Å². The number of carbonyl (C=O) groups is 4. The van der Waals surface area contributed by atoms with E-state index in [9.17, 15) is 19.2 Å². The van der Waals surface area contributed by atoms with Crippen LogP contribution in [0, 0.1) is 0 Å². The quantitative estimate of drug-likeness (QED) is 0.233. The third kappa shape index (κ3) is 9.14. The Bertz CT molecular complexity index is 923. The zero-order valence-corrected chi connectivity index (χ0v) is 19.6. The van der Waals surface area contributed by atoms with Crippen LogP contribution in [0.3, 0.4) is 0 Å². The van der Waals surface area contributed by atoms with Crippen molar-refractivity contribution in [3.63, 3.8) is 0 Å². The lowest BCUT2D eigenvalue weighted by molar-refractivity contribution is 0.0193. The van der Waals surface area contributed by atoms with Gasteiger partial charge in [0.05, 0.1) is 6.42 Å². The lowest BCUT2D eigenvalue weighted by Crippen LogP contribution is -2.25. The van der Waals surface area contributed by atoms with Gasteiger partial charge < -0.3 is 18.9 Å². The Morgan fingerprint density at radius 1 is 0.576 bits per heavy atom. The molecule has 176 valence electrons. The number of carbonyl (C=O) groups excluding carboxylic acids is 4. The van der Waals surface area contributed by atoms with Gasteiger partial charge in [-0.05, 0) is 90.1 Å². The molecule has 0 aromatic heterocycles. The van der Waals surface area contributed by atoms with Crippen molar-refractivity contribution in [1.82, 2.24) is 0 Å². The first-order valence-corrected chi connectivity index (χ1v) is 10.3. The predicted molar refractivity (Wildman–Crippen MR) is 120 cm³/mol. The maximum Gasteiger partial charge on any atom is 0.514 e. The second-order valence-corrected chi connectivity index (χ2v) is 9.20. The van der Waals surface area contributed by atoms with Crippen molar-refractivity contribution in [2.24, 2.45) is 0 Å². The van der Waals surface area contributed by atoms with Crippen LogP contribution in [0.4, 0.5) is 9.59 Å². The second kappa shape index (κ2) is 10.3. The number of ketones is 2. The Morgan fingerprint density at radius 3 is 1.15 bits per heavy atom. The van der Waals surface area contributed by atoms with Gasteiger partial charge >= 0.3 is 12.3 Å². The largest absolute Gasteiger partial charge is 0.514 e. The third-order valence-corrected chi connectivity index (χ3v) is 3.86. The number of rotatable bonds is 6. The maximum absolute atomic E-state index is 12.5. The Morgan fingerprint density at radius 2 is 0.879 bits per heavy atom. The Balaban J connectivity index is 1.92. The summed E-state index contributed by atoms with van der Waals surface area (Å²) in [5, 5.41) is 0. The monoisotopic (exact) mass is 456 g/mol. The number of ether oxygens (including phenoxy) is 4. The third-order valence-electron chi connectivity index (χ3n) is 3.86. The summed E-state index contributed by atoms with van der Waals surface area (Å²) in [4.78, 5) is 48.3. The molecule has 0 atom stereocenters. The van der Waals surface area contributed by atoms with Gasteiger partial charge in [-0.1, -0.05) is 0 Å². The maximum atomic E-state index is 12.5. The van der Waals surface area contributed by atoms with Crippen LogP contribution >= 0.6 is 0 Å². The minimum absolute atomic E-state index is 0.215. The highest BCUT2D eigenvalue weighted by Gasteiger charge is 2.20. The normalized spacial score (nSPS) is 11.3. The predicted octanol–water partition coefficient (Wildman–Crippen LogP) is 5.77. The average molecular weight is 456 g/mol. The van der Waals surface area contributed by atoms with Crippen LogP contribution < -0.4 is 9.47 Å². The molecule has 2 aromatic rings. The molecule has 0 aliphatic carbocycles. The number of hydrogen-bond donors (Lipinski definition) is 0. The summed E-state index contributed by atoms with van der Waals surface area (Å²) in [7, 11) is 0. The van der Waals surface area contributed by atoms with E-state index in [0.717, 1.165) is 0 Å². The Kier molecular flexibility index (Phi) is 7.98. The van der Waals surface area contributed by atoms with Gasteiger partial charge in [0.15, 0.2) is 11.6 Å². The molecular weight excluding hydrogens is 428 g/mol. The first kappa shape index (κ1) is 25.6. The van der Waals surface area contributed by atoms with Gasteiger partial charge in [0, 0.05) is 11.1 Å². The highest BCUT2D eigenvalue weighted by atomic mass is 16.7. The van der Waals surface area contributed by atoms with E-state index in [0.29, 0.717) is 11.1 Å². The minimum Gasteiger partial charge on any atom is -0.428 e. The lowest BCUT2D eigenvalue weighted by Gasteiger charge is -2.18. The average Bonchev–Trinajstić information content (AvgIpc) is 2.66. The van der Waals surface area contributed by atoms with Gasteiger partial charge in [0.25, 0.3) is 0 Å². The molecular formula is C25H28O8. The Hall–Kier alpha value is -3.68. The number of benzene rings is 2. The molecule has 0 saturated heterocycles. The molecule has 0 bridgehead atoms. The zero-order chi connectivity index (χ0) is 24.8. The summed E-state index contributed by atoms with van der Waals surface area (Å²) in [6.07, 6.45) is -2.05. The van der Waals surface area contributed by atoms with Crippen LogP contribution in [-0.2, 0) is 9.47 Å². The van der Waals surface area contributed by atoms with Crippen LogP contribution in [0.25, 0.3) is 0 Å². The number of Topliss-reactive ketones (excluding diaryl/α,β-unsaturated/α-hetero) is 2. The molecule has 0 unspecified atom stereocenters.